The van der Waals surface area contributed by atoms with Gasteiger partial charge in [-0.15, -0.1) is 13.2 Å². The van der Waals surface area contributed by atoms with Crippen LogP contribution in [0, 0.1) is 0 Å². The second kappa shape index (κ2) is 8.93. The molecule has 0 aliphatic carbocycles. The van der Waals surface area contributed by atoms with Crippen LogP contribution in [0.4, 0.5) is 5.82 Å². The van der Waals surface area contributed by atoms with Crippen LogP contribution in [0.15, 0.2) is 24.3 Å². The third-order valence-corrected chi connectivity index (χ3v) is 6.43. The highest BCUT2D eigenvalue weighted by atomic mass is 31.2. The zero-order chi connectivity index (χ0) is 21.2. The molecule has 0 radical (unpaired) electrons. The molecule has 2 aromatic heterocycles. The van der Waals surface area contributed by atoms with Gasteiger partial charge in [0.2, 0.25) is 0 Å². The molecule has 4 atom stereocenters. The van der Waals surface area contributed by atoms with Crippen molar-refractivity contribution in [2.24, 2.45) is 0 Å². The minimum absolute atomic E-state index is 0.00313. The molecule has 0 saturated carbocycles. The Morgan fingerprint density at radius 2 is 2.07 bits per heavy atom. The summed E-state index contributed by atoms with van der Waals surface area (Å²) in [6.07, 6.45) is 7.24. The molecule has 3 heterocycles. The molecule has 0 spiro atoms. The molecule has 9 nitrogen and oxygen atoms in total. The Morgan fingerprint density at radius 3 is 2.76 bits per heavy atom. The van der Waals surface area contributed by atoms with Crippen LogP contribution in [0.3, 0.4) is 0 Å². The Balaban J connectivity index is 1.80. The van der Waals surface area contributed by atoms with Crippen LogP contribution in [0.25, 0.3) is 11.2 Å². The summed E-state index contributed by atoms with van der Waals surface area (Å²) >= 11 is 0. The summed E-state index contributed by atoms with van der Waals surface area (Å²) in [7, 11) is 0. The Bertz CT molecular complexity index is 924. The van der Waals surface area contributed by atoms with E-state index < -0.39 is 31.4 Å². The number of fused-ring (bicyclic) bond motifs is 1. The van der Waals surface area contributed by atoms with Gasteiger partial charge in [-0.1, -0.05) is 11.6 Å². The van der Waals surface area contributed by atoms with Gasteiger partial charge in [-0.25, -0.2) is 15.0 Å². The molecule has 1 fully saturated rings. The Labute approximate surface area is 170 Å². The fourth-order valence-corrected chi connectivity index (χ4v) is 4.18. The maximum atomic E-state index is 10.6. The number of ether oxygens (including phenoxy) is 1. The number of aliphatic hydroxyl groups excluding tert-OH is 3. The molecule has 1 saturated heterocycles. The fourth-order valence-electron chi connectivity index (χ4n) is 3.23. The maximum absolute atomic E-state index is 10.6. The third kappa shape index (κ3) is 5.05. The van der Waals surface area contributed by atoms with Crippen molar-refractivity contribution in [3.8, 4) is 0 Å². The number of aliphatic hydroxyl groups is 3. The van der Waals surface area contributed by atoms with E-state index in [1.807, 2.05) is 13.0 Å². The van der Waals surface area contributed by atoms with Gasteiger partial charge in [0.1, 0.15) is 18.5 Å². The van der Waals surface area contributed by atoms with Gasteiger partial charge in [-0.3, -0.25) is 4.57 Å². The average Bonchev–Trinajstić information content (AvgIpc) is 3.22. The van der Waals surface area contributed by atoms with E-state index in [4.69, 9.17) is 9.84 Å². The summed E-state index contributed by atoms with van der Waals surface area (Å²) in [5, 5.41) is 33.3. The monoisotopic (exact) mass is 423 g/mol. The highest BCUT2D eigenvalue weighted by Gasteiger charge is 2.44. The van der Waals surface area contributed by atoms with Gasteiger partial charge in [-0.05, 0) is 32.8 Å². The van der Waals surface area contributed by atoms with E-state index in [0.717, 1.165) is 11.7 Å². The number of hydrogen-bond acceptors (Lipinski definition) is 8. The van der Waals surface area contributed by atoms with E-state index in [0.29, 0.717) is 29.9 Å². The molecule has 1 aliphatic rings. The first-order valence-electron chi connectivity index (χ1n) is 9.58. The van der Waals surface area contributed by atoms with Crippen molar-refractivity contribution >= 4 is 30.2 Å². The highest BCUT2D eigenvalue weighted by molar-refractivity contribution is 7.72. The summed E-state index contributed by atoms with van der Waals surface area (Å²) in [4.78, 5) is 12.9. The lowest BCUT2D eigenvalue weighted by Gasteiger charge is -2.18. The lowest BCUT2D eigenvalue weighted by molar-refractivity contribution is -0.0353. The summed E-state index contributed by atoms with van der Waals surface area (Å²) in [6, 6.07) is 0. The highest BCUT2D eigenvalue weighted by Crippen LogP contribution is 2.40. The van der Waals surface area contributed by atoms with E-state index in [1.54, 1.807) is 10.9 Å². The summed E-state index contributed by atoms with van der Waals surface area (Å²) in [6.45, 7) is 5.34. The van der Waals surface area contributed by atoms with Crippen molar-refractivity contribution in [1.29, 1.82) is 0 Å². The van der Waals surface area contributed by atoms with Gasteiger partial charge >= 0.3 is 0 Å². The summed E-state index contributed by atoms with van der Waals surface area (Å²) in [5.41, 5.74) is 1.90. The molecular weight excluding hydrogens is 393 g/mol. The largest absolute Gasteiger partial charge is 0.392 e. The number of imidazole rings is 1. The van der Waals surface area contributed by atoms with E-state index in [1.165, 1.54) is 6.33 Å². The molecular formula is C19H30N5O4P. The Kier molecular flexibility index (Phi) is 6.76. The zero-order valence-electron chi connectivity index (χ0n) is 17.1. The van der Waals surface area contributed by atoms with Crippen LogP contribution >= 0.6 is 6.89 Å². The second-order valence-corrected chi connectivity index (χ2v) is 12.4. The lowest BCUT2D eigenvalue weighted by atomic mass is 10.1. The quantitative estimate of drug-likeness (QED) is 0.365. The molecule has 10 heteroatoms. The van der Waals surface area contributed by atoms with Crippen molar-refractivity contribution in [2.75, 3.05) is 38.0 Å². The minimum Gasteiger partial charge on any atom is -0.392 e. The van der Waals surface area contributed by atoms with Gasteiger partial charge in [0, 0.05) is 6.54 Å². The van der Waals surface area contributed by atoms with Crippen LogP contribution in [0.5, 0.6) is 0 Å². The number of nitrogens with one attached hydrogen (secondary N) is 1. The van der Waals surface area contributed by atoms with Crippen LogP contribution in [-0.2, 0) is 4.74 Å². The zero-order valence-corrected chi connectivity index (χ0v) is 18.0. The van der Waals surface area contributed by atoms with Crippen molar-refractivity contribution in [3.05, 3.63) is 24.3 Å². The number of hydrogen-bond donors (Lipinski definition) is 4. The molecule has 3 rings (SSSR count). The average molecular weight is 423 g/mol. The second-order valence-electron chi connectivity index (χ2n) is 8.13. The maximum Gasteiger partial charge on any atom is 0.167 e. The molecule has 2 aromatic rings. The number of rotatable bonds is 8. The summed E-state index contributed by atoms with van der Waals surface area (Å²) < 4.78 is 7.63. The molecule has 0 bridgehead atoms. The summed E-state index contributed by atoms with van der Waals surface area (Å²) in [5.74, 6) is 0.545. The van der Waals surface area contributed by atoms with Gasteiger partial charge in [-0.2, -0.15) is 0 Å². The van der Waals surface area contributed by atoms with E-state index >= 15 is 0 Å². The molecule has 160 valence electrons. The van der Waals surface area contributed by atoms with Gasteiger partial charge in [0.15, 0.2) is 23.2 Å². The van der Waals surface area contributed by atoms with Gasteiger partial charge < -0.3 is 25.4 Å². The smallest absolute Gasteiger partial charge is 0.167 e. The molecule has 29 heavy (non-hydrogen) atoms. The SMILES string of the molecule is C=P(C)(C)CC[C@H]1O[C@@H](n2cnc3c(NC/C=C(/C)CO)ncnc32)[C@H](O)[C@@H]1O. The third-order valence-electron chi connectivity index (χ3n) is 4.96. The molecule has 0 amide bonds. The first-order valence-corrected chi connectivity index (χ1v) is 12.6. The molecule has 4 N–H and O–H groups in total. The molecule has 1 aliphatic heterocycles. The molecule has 0 aromatic carbocycles. The number of anilines is 1. The van der Waals surface area contributed by atoms with Crippen LogP contribution < -0.4 is 5.32 Å². The first-order chi connectivity index (χ1) is 13.7. The topological polar surface area (TPSA) is 126 Å². The molecule has 0 unspecified atom stereocenters. The van der Waals surface area contributed by atoms with Crippen LogP contribution in [-0.4, -0.2) is 92.1 Å². The fraction of sp³-hybridized carbons (Fsp3) is 0.579. The van der Waals surface area contributed by atoms with E-state index in [2.05, 4.69) is 39.9 Å². The Morgan fingerprint density at radius 1 is 1.31 bits per heavy atom. The van der Waals surface area contributed by atoms with Crippen molar-refractivity contribution < 1.29 is 20.1 Å². The number of aromatic nitrogens is 4. The van der Waals surface area contributed by atoms with Crippen molar-refractivity contribution in [3.63, 3.8) is 0 Å². The van der Waals surface area contributed by atoms with Crippen molar-refractivity contribution in [1.82, 2.24) is 19.5 Å². The predicted molar refractivity (Wildman–Crippen MR) is 116 cm³/mol. The Hall–Kier alpha value is -1.77. The standard InChI is InChI=1S/C19H30N5O4P/c1-12(9-25)5-7-20-17-14-18(22-10-21-17)24(11-23-14)19-16(27)15(26)13(28-19)6-8-29(2,3)4/h5,10-11,13,15-16,19,25-27H,2,6-9H2,1,3-4H3,(H,20,21,22)/b12-5-/t13-,15-,16-,19-/m1/s1. The predicted octanol–water partition coefficient (Wildman–Crippen LogP) is 0.895. The minimum atomic E-state index is -1.25. The van der Waals surface area contributed by atoms with Crippen LogP contribution in [0.1, 0.15) is 19.6 Å². The van der Waals surface area contributed by atoms with Crippen molar-refractivity contribution in [2.45, 2.75) is 37.9 Å². The van der Waals surface area contributed by atoms with Crippen LogP contribution in [0.2, 0.25) is 0 Å². The number of nitrogens with zero attached hydrogens (tertiary/aromatic N) is 4. The normalized spacial score (nSPS) is 25.7. The van der Waals surface area contributed by atoms with Gasteiger partial charge in [0.25, 0.3) is 0 Å². The first kappa shape index (κ1) is 21.9. The van der Waals surface area contributed by atoms with E-state index in [9.17, 15) is 10.2 Å². The van der Waals surface area contributed by atoms with E-state index in [-0.39, 0.29) is 6.61 Å². The van der Waals surface area contributed by atoms with Gasteiger partial charge in [0.05, 0.1) is 19.0 Å². The lowest BCUT2D eigenvalue weighted by Crippen LogP contribution is -2.31.